The molecular formula is C11H14BrClO3S. The first-order valence-electron chi connectivity index (χ1n) is 5.20. The molecule has 1 aromatic carbocycles. The Balaban J connectivity index is 2.29. The summed E-state index contributed by atoms with van der Waals surface area (Å²) >= 11 is 3.41. The zero-order valence-corrected chi connectivity index (χ0v) is 12.6. The molecular weight excluding hydrogens is 328 g/mol. The van der Waals surface area contributed by atoms with Crippen molar-refractivity contribution in [3.8, 4) is 5.75 Å². The van der Waals surface area contributed by atoms with Crippen LogP contribution in [0, 0.1) is 6.92 Å². The number of ether oxygens (including phenoxy) is 1. The molecule has 96 valence electrons. The van der Waals surface area contributed by atoms with Crippen LogP contribution in [0.1, 0.15) is 18.4 Å². The first-order valence-corrected chi connectivity index (χ1v) is 8.47. The van der Waals surface area contributed by atoms with Gasteiger partial charge in [0.05, 0.1) is 12.4 Å². The lowest BCUT2D eigenvalue weighted by atomic mass is 10.2. The van der Waals surface area contributed by atoms with Crippen LogP contribution < -0.4 is 4.74 Å². The maximum Gasteiger partial charge on any atom is 0.232 e. The lowest BCUT2D eigenvalue weighted by Crippen LogP contribution is -2.02. The molecule has 0 radical (unpaired) electrons. The van der Waals surface area contributed by atoms with Crippen molar-refractivity contribution in [1.29, 1.82) is 0 Å². The van der Waals surface area contributed by atoms with Crippen LogP contribution in [0.25, 0.3) is 0 Å². The fourth-order valence-corrected chi connectivity index (χ4v) is 2.40. The number of halogens is 2. The van der Waals surface area contributed by atoms with Crippen molar-refractivity contribution in [1.82, 2.24) is 0 Å². The van der Waals surface area contributed by atoms with Crippen LogP contribution in [0.5, 0.6) is 5.75 Å². The van der Waals surface area contributed by atoms with E-state index >= 15 is 0 Å². The first-order chi connectivity index (χ1) is 7.88. The van der Waals surface area contributed by atoms with Gasteiger partial charge in [-0.25, -0.2) is 8.42 Å². The summed E-state index contributed by atoms with van der Waals surface area (Å²) in [5.41, 5.74) is 1.10. The third-order valence-electron chi connectivity index (χ3n) is 2.18. The van der Waals surface area contributed by atoms with Crippen LogP contribution in [-0.4, -0.2) is 20.8 Å². The summed E-state index contributed by atoms with van der Waals surface area (Å²) in [7, 11) is 1.72. The molecule has 0 aliphatic heterocycles. The van der Waals surface area contributed by atoms with Gasteiger partial charge in [0, 0.05) is 15.2 Å². The van der Waals surface area contributed by atoms with Gasteiger partial charge in [-0.05, 0) is 43.5 Å². The number of rotatable bonds is 6. The lowest BCUT2D eigenvalue weighted by molar-refractivity contribution is 0.309. The molecule has 0 bridgehead atoms. The average molecular weight is 342 g/mol. The van der Waals surface area contributed by atoms with Gasteiger partial charge in [-0.1, -0.05) is 15.9 Å². The highest BCUT2D eigenvalue weighted by atomic mass is 79.9. The van der Waals surface area contributed by atoms with Gasteiger partial charge in [0.15, 0.2) is 0 Å². The van der Waals surface area contributed by atoms with Gasteiger partial charge in [-0.15, -0.1) is 0 Å². The van der Waals surface area contributed by atoms with Crippen molar-refractivity contribution in [3.05, 3.63) is 28.2 Å². The van der Waals surface area contributed by atoms with Crippen molar-refractivity contribution in [2.75, 3.05) is 12.4 Å². The van der Waals surface area contributed by atoms with E-state index in [1.165, 1.54) is 0 Å². The number of aryl methyl sites for hydroxylation is 1. The monoisotopic (exact) mass is 340 g/mol. The molecule has 0 amide bonds. The van der Waals surface area contributed by atoms with Crippen LogP contribution in [0.2, 0.25) is 0 Å². The maximum absolute atomic E-state index is 10.7. The summed E-state index contributed by atoms with van der Waals surface area (Å²) in [5, 5.41) is 0. The Labute approximate surface area is 115 Å². The minimum atomic E-state index is -3.37. The SMILES string of the molecule is Cc1cc(OCCCCS(=O)(=O)Cl)ccc1Br. The summed E-state index contributed by atoms with van der Waals surface area (Å²) in [5.74, 6) is 0.788. The molecule has 0 heterocycles. The third-order valence-corrected chi connectivity index (χ3v) is 4.31. The van der Waals surface area contributed by atoms with Gasteiger partial charge < -0.3 is 4.74 Å². The highest BCUT2D eigenvalue weighted by Gasteiger charge is 2.04. The zero-order chi connectivity index (χ0) is 12.9. The van der Waals surface area contributed by atoms with Gasteiger partial charge >= 0.3 is 0 Å². The van der Waals surface area contributed by atoms with Crippen LogP contribution in [0.3, 0.4) is 0 Å². The fourth-order valence-electron chi connectivity index (χ4n) is 1.27. The Bertz CT molecular complexity index is 474. The van der Waals surface area contributed by atoms with E-state index in [0.717, 1.165) is 15.8 Å². The Morgan fingerprint density at radius 1 is 1.35 bits per heavy atom. The molecule has 0 aliphatic carbocycles. The molecule has 0 aromatic heterocycles. The number of hydrogen-bond acceptors (Lipinski definition) is 3. The van der Waals surface area contributed by atoms with Crippen molar-refractivity contribution in [2.45, 2.75) is 19.8 Å². The maximum atomic E-state index is 10.7. The topological polar surface area (TPSA) is 43.4 Å². The van der Waals surface area contributed by atoms with E-state index in [2.05, 4.69) is 15.9 Å². The smallest absolute Gasteiger partial charge is 0.232 e. The second-order valence-corrected chi connectivity index (χ2v) is 7.46. The Kier molecular flexibility index (Phi) is 5.76. The van der Waals surface area contributed by atoms with Gasteiger partial charge in [0.2, 0.25) is 9.05 Å². The third kappa shape index (κ3) is 6.29. The van der Waals surface area contributed by atoms with E-state index in [0.29, 0.717) is 19.4 Å². The highest BCUT2D eigenvalue weighted by molar-refractivity contribution is 9.10. The quantitative estimate of drug-likeness (QED) is 0.587. The summed E-state index contributed by atoms with van der Waals surface area (Å²) < 4.78 is 27.9. The summed E-state index contributed by atoms with van der Waals surface area (Å²) in [6, 6.07) is 5.73. The molecule has 0 saturated carbocycles. The van der Waals surface area contributed by atoms with E-state index in [1.807, 2.05) is 25.1 Å². The Morgan fingerprint density at radius 3 is 2.65 bits per heavy atom. The Hall–Kier alpha value is -0.260. The van der Waals surface area contributed by atoms with Crippen molar-refractivity contribution in [3.63, 3.8) is 0 Å². The molecule has 0 saturated heterocycles. The molecule has 0 fully saturated rings. The number of hydrogen-bond donors (Lipinski definition) is 0. The fraction of sp³-hybridized carbons (Fsp3) is 0.455. The number of unbranched alkanes of at least 4 members (excludes halogenated alkanes) is 1. The summed E-state index contributed by atoms with van der Waals surface area (Å²) in [4.78, 5) is 0. The van der Waals surface area contributed by atoms with Crippen LogP contribution in [0.4, 0.5) is 0 Å². The van der Waals surface area contributed by atoms with Crippen LogP contribution >= 0.6 is 26.6 Å². The van der Waals surface area contributed by atoms with E-state index in [-0.39, 0.29) is 5.75 Å². The average Bonchev–Trinajstić information content (AvgIpc) is 2.21. The second kappa shape index (κ2) is 6.61. The van der Waals surface area contributed by atoms with Gasteiger partial charge in [-0.3, -0.25) is 0 Å². The first kappa shape index (κ1) is 14.8. The van der Waals surface area contributed by atoms with Crippen LogP contribution in [-0.2, 0) is 9.05 Å². The standard InChI is InChI=1S/C11H14BrClO3S/c1-9-8-10(4-5-11(9)12)16-6-2-3-7-17(13,14)15/h4-5,8H,2-3,6-7H2,1H3. The molecule has 1 aromatic rings. The van der Waals surface area contributed by atoms with E-state index in [4.69, 9.17) is 15.4 Å². The van der Waals surface area contributed by atoms with E-state index in [1.54, 1.807) is 0 Å². The molecule has 0 N–H and O–H groups in total. The normalized spacial score (nSPS) is 11.5. The molecule has 0 aliphatic rings. The zero-order valence-electron chi connectivity index (χ0n) is 9.45. The molecule has 0 unspecified atom stereocenters. The molecule has 3 nitrogen and oxygen atoms in total. The van der Waals surface area contributed by atoms with Gasteiger partial charge in [-0.2, -0.15) is 0 Å². The second-order valence-electron chi connectivity index (χ2n) is 3.71. The van der Waals surface area contributed by atoms with Gasteiger partial charge in [0.25, 0.3) is 0 Å². The molecule has 0 atom stereocenters. The van der Waals surface area contributed by atoms with Crippen LogP contribution in [0.15, 0.2) is 22.7 Å². The molecule has 17 heavy (non-hydrogen) atoms. The Morgan fingerprint density at radius 2 is 2.06 bits per heavy atom. The minimum absolute atomic E-state index is 0.00270. The van der Waals surface area contributed by atoms with Gasteiger partial charge in [0.1, 0.15) is 5.75 Å². The predicted molar refractivity (Wildman–Crippen MR) is 73.2 cm³/mol. The van der Waals surface area contributed by atoms with E-state index < -0.39 is 9.05 Å². The number of benzene rings is 1. The predicted octanol–water partition coefficient (Wildman–Crippen LogP) is 3.49. The highest BCUT2D eigenvalue weighted by Crippen LogP contribution is 2.21. The van der Waals surface area contributed by atoms with Crippen molar-refractivity contribution >= 4 is 35.7 Å². The van der Waals surface area contributed by atoms with Crippen molar-refractivity contribution < 1.29 is 13.2 Å². The lowest BCUT2D eigenvalue weighted by Gasteiger charge is -2.07. The largest absolute Gasteiger partial charge is 0.494 e. The molecule has 1 rings (SSSR count). The molecule has 0 spiro atoms. The molecule has 6 heteroatoms. The van der Waals surface area contributed by atoms with E-state index in [9.17, 15) is 8.42 Å². The minimum Gasteiger partial charge on any atom is -0.494 e. The summed E-state index contributed by atoms with van der Waals surface area (Å²) in [6.07, 6.45) is 1.18. The van der Waals surface area contributed by atoms with Crippen molar-refractivity contribution in [2.24, 2.45) is 0 Å². The summed E-state index contributed by atoms with van der Waals surface area (Å²) in [6.45, 7) is 2.48.